The van der Waals surface area contributed by atoms with Crippen LogP contribution in [0, 0.1) is 0 Å². The molecule has 0 saturated heterocycles. The van der Waals surface area contributed by atoms with Gasteiger partial charge in [-0.05, 0) is 96.5 Å². The Hall–Kier alpha value is -4.45. The summed E-state index contributed by atoms with van der Waals surface area (Å²) in [5.41, 5.74) is 4.91. The van der Waals surface area contributed by atoms with Gasteiger partial charge in [0.1, 0.15) is 18.0 Å². The molecule has 0 amide bonds. The molecule has 3 aromatic rings. The SMILES string of the molecule is C=CC(=O)OC(CCC)c1ccc2cc(OC(=O)c3ccc4c(c3)CC=C(C(C)OC(=O)C(=C)C)C4)ccc2c1. The Balaban J connectivity index is 1.44. The molecule has 0 bridgehead atoms. The van der Waals surface area contributed by atoms with Crippen LogP contribution in [0.2, 0.25) is 0 Å². The average Bonchev–Trinajstić information content (AvgIpc) is 2.95. The van der Waals surface area contributed by atoms with Gasteiger partial charge in [0, 0.05) is 11.6 Å². The molecule has 0 heterocycles. The molecule has 0 saturated carbocycles. The molecule has 0 spiro atoms. The fraction of sp³-hybridized carbons (Fsp3) is 0.265. The van der Waals surface area contributed by atoms with Crippen molar-refractivity contribution in [3.05, 3.63) is 113 Å². The van der Waals surface area contributed by atoms with E-state index in [1.54, 1.807) is 19.1 Å². The van der Waals surface area contributed by atoms with Crippen LogP contribution in [0.3, 0.4) is 0 Å². The molecule has 6 heteroatoms. The summed E-state index contributed by atoms with van der Waals surface area (Å²) >= 11 is 0. The molecule has 0 aliphatic heterocycles. The highest BCUT2D eigenvalue weighted by molar-refractivity contribution is 5.92. The van der Waals surface area contributed by atoms with Crippen molar-refractivity contribution < 1.29 is 28.6 Å². The maximum absolute atomic E-state index is 13.0. The van der Waals surface area contributed by atoms with E-state index in [2.05, 4.69) is 19.2 Å². The topological polar surface area (TPSA) is 78.9 Å². The second-order valence-electron chi connectivity index (χ2n) is 10.0. The van der Waals surface area contributed by atoms with Gasteiger partial charge in [0.05, 0.1) is 5.56 Å². The minimum absolute atomic E-state index is 0.342. The number of hydrogen-bond acceptors (Lipinski definition) is 6. The lowest BCUT2D eigenvalue weighted by Gasteiger charge is -2.22. The predicted octanol–water partition coefficient (Wildman–Crippen LogP) is 7.16. The number of ether oxygens (including phenoxy) is 3. The number of benzene rings is 3. The van der Waals surface area contributed by atoms with E-state index in [1.807, 2.05) is 56.3 Å². The van der Waals surface area contributed by atoms with Crippen LogP contribution in [0.15, 0.2) is 91.1 Å². The first kappa shape index (κ1) is 28.6. The largest absolute Gasteiger partial charge is 0.455 e. The molecule has 6 nitrogen and oxygen atoms in total. The summed E-state index contributed by atoms with van der Waals surface area (Å²) in [5, 5.41) is 1.86. The lowest BCUT2D eigenvalue weighted by atomic mass is 9.88. The Morgan fingerprint density at radius 1 is 0.975 bits per heavy atom. The van der Waals surface area contributed by atoms with Crippen molar-refractivity contribution in [2.24, 2.45) is 0 Å². The molecule has 0 aromatic heterocycles. The van der Waals surface area contributed by atoms with Crippen LogP contribution in [0.25, 0.3) is 10.8 Å². The standard InChI is InChI=1S/C34H34O6/c1-6-8-31(40-32(35)7-2)28-13-11-27-20-30(16-15-26(27)18-28)39-34(37)29-14-12-24-17-23(9-10-25(24)19-29)22(5)38-33(36)21(3)4/h7,9,11-16,18-20,22,31H,2-3,6,8,10,17H2,1,4-5H3. The molecular weight excluding hydrogens is 504 g/mol. The summed E-state index contributed by atoms with van der Waals surface area (Å²) in [5.74, 6) is -0.836. The smallest absolute Gasteiger partial charge is 0.343 e. The minimum atomic E-state index is -0.446. The van der Waals surface area contributed by atoms with Gasteiger partial charge in [-0.25, -0.2) is 14.4 Å². The van der Waals surface area contributed by atoms with Gasteiger partial charge in [-0.3, -0.25) is 0 Å². The summed E-state index contributed by atoms with van der Waals surface area (Å²) in [7, 11) is 0. The van der Waals surface area contributed by atoms with Crippen molar-refractivity contribution in [3.63, 3.8) is 0 Å². The van der Waals surface area contributed by atoms with Gasteiger partial charge >= 0.3 is 17.9 Å². The molecule has 1 aliphatic carbocycles. The Kier molecular flexibility index (Phi) is 9.00. The third-order valence-electron chi connectivity index (χ3n) is 6.97. The van der Waals surface area contributed by atoms with E-state index in [4.69, 9.17) is 14.2 Å². The van der Waals surface area contributed by atoms with Gasteiger partial charge in [0.25, 0.3) is 0 Å². The van der Waals surface area contributed by atoms with Crippen molar-refractivity contribution >= 4 is 28.7 Å². The van der Waals surface area contributed by atoms with E-state index in [-0.39, 0.29) is 12.2 Å². The predicted molar refractivity (Wildman–Crippen MR) is 155 cm³/mol. The maximum Gasteiger partial charge on any atom is 0.343 e. The molecule has 2 atom stereocenters. The fourth-order valence-electron chi connectivity index (χ4n) is 4.71. The van der Waals surface area contributed by atoms with E-state index in [9.17, 15) is 14.4 Å². The summed E-state index contributed by atoms with van der Waals surface area (Å²) in [6, 6.07) is 16.9. The zero-order valence-corrected chi connectivity index (χ0v) is 23.2. The monoisotopic (exact) mass is 538 g/mol. The Labute approximate surface area is 234 Å². The first-order chi connectivity index (χ1) is 19.2. The summed E-state index contributed by atoms with van der Waals surface area (Å²) in [4.78, 5) is 36.6. The van der Waals surface area contributed by atoms with E-state index in [0.29, 0.717) is 36.1 Å². The fourth-order valence-corrected chi connectivity index (χ4v) is 4.71. The number of hydrogen-bond donors (Lipinski definition) is 0. The summed E-state index contributed by atoms with van der Waals surface area (Å²) in [6.07, 6.45) is 5.40. The van der Waals surface area contributed by atoms with E-state index >= 15 is 0 Å². The molecule has 40 heavy (non-hydrogen) atoms. The van der Waals surface area contributed by atoms with Gasteiger partial charge in [-0.1, -0.05) is 56.8 Å². The van der Waals surface area contributed by atoms with Crippen molar-refractivity contribution in [2.45, 2.75) is 58.7 Å². The van der Waals surface area contributed by atoms with Gasteiger partial charge < -0.3 is 14.2 Å². The van der Waals surface area contributed by atoms with Crippen molar-refractivity contribution in [3.8, 4) is 5.75 Å². The third-order valence-corrected chi connectivity index (χ3v) is 6.97. The second kappa shape index (κ2) is 12.6. The van der Waals surface area contributed by atoms with Crippen molar-refractivity contribution in [1.29, 1.82) is 0 Å². The highest BCUT2D eigenvalue weighted by Crippen LogP contribution is 2.30. The molecule has 3 aromatic carbocycles. The number of fused-ring (bicyclic) bond motifs is 2. The highest BCUT2D eigenvalue weighted by atomic mass is 16.5. The van der Waals surface area contributed by atoms with E-state index in [1.165, 1.54) is 6.08 Å². The van der Waals surface area contributed by atoms with Crippen LogP contribution >= 0.6 is 0 Å². The van der Waals surface area contributed by atoms with Crippen LogP contribution in [-0.4, -0.2) is 24.0 Å². The number of rotatable bonds is 10. The quantitative estimate of drug-likeness (QED) is 0.118. The second-order valence-corrected chi connectivity index (χ2v) is 10.0. The van der Waals surface area contributed by atoms with Crippen molar-refractivity contribution in [2.75, 3.05) is 0 Å². The molecular formula is C34H34O6. The number of carbonyl (C=O) groups excluding carboxylic acids is 3. The molecule has 206 valence electrons. The molecule has 2 unspecified atom stereocenters. The first-order valence-corrected chi connectivity index (χ1v) is 13.4. The summed E-state index contributed by atoms with van der Waals surface area (Å²) in [6.45, 7) is 12.6. The highest BCUT2D eigenvalue weighted by Gasteiger charge is 2.21. The van der Waals surface area contributed by atoms with Crippen LogP contribution in [0.5, 0.6) is 5.75 Å². The molecule has 0 radical (unpaired) electrons. The van der Waals surface area contributed by atoms with Gasteiger partial charge in [0.15, 0.2) is 0 Å². The number of carbonyl (C=O) groups is 3. The minimum Gasteiger partial charge on any atom is -0.455 e. The zero-order valence-electron chi connectivity index (χ0n) is 23.2. The Morgan fingerprint density at radius 3 is 2.45 bits per heavy atom. The molecule has 4 rings (SSSR count). The van der Waals surface area contributed by atoms with Crippen LogP contribution in [0.1, 0.15) is 66.8 Å². The normalized spacial score (nSPS) is 13.8. The lowest BCUT2D eigenvalue weighted by Crippen LogP contribution is -2.21. The number of allylic oxidation sites excluding steroid dienone is 1. The average molecular weight is 539 g/mol. The number of esters is 3. The Morgan fingerprint density at radius 2 is 1.73 bits per heavy atom. The van der Waals surface area contributed by atoms with Crippen LogP contribution in [-0.2, 0) is 31.9 Å². The Bertz CT molecular complexity index is 1510. The van der Waals surface area contributed by atoms with Crippen LogP contribution < -0.4 is 4.74 Å². The van der Waals surface area contributed by atoms with E-state index in [0.717, 1.165) is 39.5 Å². The van der Waals surface area contributed by atoms with Gasteiger partial charge in [-0.2, -0.15) is 0 Å². The third kappa shape index (κ3) is 6.75. The molecule has 0 fully saturated rings. The van der Waals surface area contributed by atoms with E-state index < -0.39 is 17.9 Å². The molecule has 1 aliphatic rings. The summed E-state index contributed by atoms with van der Waals surface area (Å²) < 4.78 is 16.7. The first-order valence-electron chi connectivity index (χ1n) is 13.4. The maximum atomic E-state index is 13.0. The molecule has 0 N–H and O–H groups in total. The lowest BCUT2D eigenvalue weighted by molar-refractivity contribution is -0.144. The van der Waals surface area contributed by atoms with Crippen molar-refractivity contribution in [1.82, 2.24) is 0 Å². The van der Waals surface area contributed by atoms with Gasteiger partial charge in [0.2, 0.25) is 0 Å². The van der Waals surface area contributed by atoms with Gasteiger partial charge in [-0.15, -0.1) is 0 Å². The zero-order chi connectivity index (χ0) is 28.8. The van der Waals surface area contributed by atoms with Crippen LogP contribution in [0.4, 0.5) is 0 Å².